The second-order valence-electron chi connectivity index (χ2n) is 3.12. The first-order valence-electron chi connectivity index (χ1n) is 4.88. The number of esters is 1. The molecule has 0 atom stereocenters. The van der Waals surface area contributed by atoms with E-state index in [-0.39, 0.29) is 13.0 Å². The second kappa shape index (κ2) is 5.29. The number of methoxy groups -OCH3 is 1. The van der Waals surface area contributed by atoms with E-state index < -0.39 is 11.9 Å². The number of hydrogen-bond acceptors (Lipinski definition) is 5. The highest BCUT2D eigenvalue weighted by Gasteiger charge is 2.16. The first-order valence-corrected chi connectivity index (χ1v) is 4.88. The predicted molar refractivity (Wildman–Crippen MR) is 55.4 cm³/mol. The van der Waals surface area contributed by atoms with Gasteiger partial charge >= 0.3 is 5.97 Å². The van der Waals surface area contributed by atoms with Crippen molar-refractivity contribution < 1.29 is 19.1 Å². The van der Waals surface area contributed by atoms with Crippen molar-refractivity contribution in [2.45, 2.75) is 20.3 Å². The summed E-state index contributed by atoms with van der Waals surface area (Å²) in [5.74, 6) is -0.643. The molecule has 0 spiro atoms. The summed E-state index contributed by atoms with van der Waals surface area (Å²) < 4.78 is 10.7. The van der Waals surface area contributed by atoms with Crippen LogP contribution >= 0.6 is 0 Å². The topological polar surface area (TPSA) is 70.4 Å². The Morgan fingerprint density at radius 2 is 2.19 bits per heavy atom. The van der Waals surface area contributed by atoms with E-state index in [2.05, 4.69) is 9.84 Å². The van der Waals surface area contributed by atoms with Gasteiger partial charge in [0.25, 0.3) is 5.91 Å². The van der Waals surface area contributed by atoms with Crippen LogP contribution in [0.5, 0.6) is 5.88 Å². The number of ether oxygens (including phenoxy) is 2. The van der Waals surface area contributed by atoms with Crippen molar-refractivity contribution in [2.75, 3.05) is 13.7 Å². The number of aromatic nitrogens is 2. The van der Waals surface area contributed by atoms with E-state index in [9.17, 15) is 9.59 Å². The molecule has 1 aromatic heterocycles. The van der Waals surface area contributed by atoms with Crippen LogP contribution in [0.3, 0.4) is 0 Å². The van der Waals surface area contributed by atoms with Crippen molar-refractivity contribution in [1.29, 1.82) is 0 Å². The molecule has 0 aliphatic heterocycles. The van der Waals surface area contributed by atoms with Gasteiger partial charge in [0.2, 0.25) is 5.88 Å². The first-order chi connectivity index (χ1) is 7.58. The van der Waals surface area contributed by atoms with Gasteiger partial charge in [-0.25, -0.2) is 4.68 Å². The lowest BCUT2D eigenvalue weighted by molar-refractivity contribution is -0.142. The number of aryl methyl sites for hydroxylation is 1. The van der Waals surface area contributed by atoms with E-state index in [1.807, 2.05) is 0 Å². The molecule has 0 aliphatic rings. The van der Waals surface area contributed by atoms with Gasteiger partial charge in [0.05, 0.1) is 13.7 Å². The van der Waals surface area contributed by atoms with Crippen molar-refractivity contribution in [3.63, 3.8) is 0 Å². The summed E-state index contributed by atoms with van der Waals surface area (Å²) in [7, 11) is 1.46. The third kappa shape index (κ3) is 2.82. The Bertz CT molecular complexity index is 398. The lowest BCUT2D eigenvalue weighted by atomic mass is 10.4. The van der Waals surface area contributed by atoms with Crippen LogP contribution in [-0.2, 0) is 9.53 Å². The fourth-order valence-electron chi connectivity index (χ4n) is 1.21. The summed E-state index contributed by atoms with van der Waals surface area (Å²) >= 11 is 0. The summed E-state index contributed by atoms with van der Waals surface area (Å²) in [6.07, 6.45) is -0.320. The molecule has 0 aromatic carbocycles. The summed E-state index contributed by atoms with van der Waals surface area (Å²) in [6, 6.07) is 1.61. The molecule has 0 saturated carbocycles. The molecule has 0 amide bonds. The highest BCUT2D eigenvalue weighted by atomic mass is 16.5. The van der Waals surface area contributed by atoms with E-state index in [1.54, 1.807) is 19.9 Å². The molecule has 6 nitrogen and oxygen atoms in total. The normalized spacial score (nSPS) is 9.94. The van der Waals surface area contributed by atoms with Gasteiger partial charge in [0.1, 0.15) is 6.42 Å². The first kappa shape index (κ1) is 12.2. The fraction of sp³-hybridized carbons (Fsp3) is 0.500. The maximum atomic E-state index is 11.6. The minimum Gasteiger partial charge on any atom is -0.480 e. The van der Waals surface area contributed by atoms with E-state index >= 15 is 0 Å². The molecule has 16 heavy (non-hydrogen) atoms. The summed E-state index contributed by atoms with van der Waals surface area (Å²) in [5.41, 5.74) is 0.617. The molecule has 0 bridgehead atoms. The van der Waals surface area contributed by atoms with Crippen LogP contribution in [0.2, 0.25) is 0 Å². The Hall–Kier alpha value is -1.85. The Morgan fingerprint density at radius 1 is 1.50 bits per heavy atom. The zero-order valence-corrected chi connectivity index (χ0v) is 9.52. The van der Waals surface area contributed by atoms with Crippen LogP contribution < -0.4 is 4.74 Å². The summed E-state index contributed by atoms with van der Waals surface area (Å²) in [6.45, 7) is 3.65. The molecular formula is C10H14N2O4. The molecule has 0 saturated heterocycles. The number of carbonyl (C=O) groups is 2. The quantitative estimate of drug-likeness (QED) is 0.560. The summed E-state index contributed by atoms with van der Waals surface area (Å²) in [5, 5.41) is 3.88. The Kier molecular flexibility index (Phi) is 4.04. The van der Waals surface area contributed by atoms with Crippen molar-refractivity contribution in [3.05, 3.63) is 11.8 Å². The number of rotatable bonds is 4. The Balaban J connectivity index is 2.72. The molecule has 1 heterocycles. The molecule has 0 unspecified atom stereocenters. The zero-order chi connectivity index (χ0) is 12.1. The van der Waals surface area contributed by atoms with Crippen molar-refractivity contribution in [2.24, 2.45) is 0 Å². The van der Waals surface area contributed by atoms with Crippen LogP contribution in [0.4, 0.5) is 0 Å². The van der Waals surface area contributed by atoms with E-state index in [1.165, 1.54) is 7.11 Å². The Labute approximate surface area is 93.1 Å². The fourth-order valence-corrected chi connectivity index (χ4v) is 1.21. The number of nitrogens with zero attached hydrogens (tertiary/aromatic N) is 2. The van der Waals surface area contributed by atoms with Gasteiger partial charge in [-0.1, -0.05) is 0 Å². The van der Waals surface area contributed by atoms with Crippen LogP contribution in [0, 0.1) is 6.92 Å². The molecular weight excluding hydrogens is 212 g/mol. The molecule has 1 rings (SSSR count). The molecule has 6 heteroatoms. The van der Waals surface area contributed by atoms with Crippen LogP contribution in [0.15, 0.2) is 6.07 Å². The smallest absolute Gasteiger partial charge is 0.315 e. The third-order valence-electron chi connectivity index (χ3n) is 1.91. The zero-order valence-electron chi connectivity index (χ0n) is 9.52. The molecule has 1 aromatic rings. The predicted octanol–water partition coefficient (Wildman–Crippen LogP) is 0.794. The maximum Gasteiger partial charge on any atom is 0.315 e. The van der Waals surface area contributed by atoms with Gasteiger partial charge in [0.15, 0.2) is 0 Å². The molecule has 0 fully saturated rings. The monoisotopic (exact) mass is 226 g/mol. The number of hydrogen-bond donors (Lipinski definition) is 0. The summed E-state index contributed by atoms with van der Waals surface area (Å²) in [4.78, 5) is 22.7. The SMILES string of the molecule is CCOC(=O)CC(=O)n1nc(OC)cc1C. The average Bonchev–Trinajstić information content (AvgIpc) is 2.60. The third-order valence-corrected chi connectivity index (χ3v) is 1.91. The van der Waals surface area contributed by atoms with E-state index in [0.29, 0.717) is 11.6 Å². The maximum absolute atomic E-state index is 11.6. The minimum atomic E-state index is -0.554. The molecule has 0 aliphatic carbocycles. The van der Waals surface area contributed by atoms with Gasteiger partial charge in [0, 0.05) is 11.8 Å². The van der Waals surface area contributed by atoms with Gasteiger partial charge in [-0.3, -0.25) is 9.59 Å². The highest BCUT2D eigenvalue weighted by Crippen LogP contribution is 2.10. The largest absolute Gasteiger partial charge is 0.480 e. The lowest BCUT2D eigenvalue weighted by Crippen LogP contribution is -2.19. The van der Waals surface area contributed by atoms with Gasteiger partial charge < -0.3 is 9.47 Å². The van der Waals surface area contributed by atoms with Crippen LogP contribution in [-0.4, -0.2) is 35.4 Å². The molecule has 0 radical (unpaired) electrons. The van der Waals surface area contributed by atoms with Crippen molar-refractivity contribution in [3.8, 4) is 5.88 Å². The number of carbonyl (C=O) groups excluding carboxylic acids is 2. The molecule has 88 valence electrons. The second-order valence-corrected chi connectivity index (χ2v) is 3.12. The minimum absolute atomic E-state index is 0.257. The van der Waals surface area contributed by atoms with Gasteiger partial charge in [-0.2, -0.15) is 0 Å². The van der Waals surface area contributed by atoms with Gasteiger partial charge in [-0.05, 0) is 13.8 Å². The van der Waals surface area contributed by atoms with Crippen molar-refractivity contribution in [1.82, 2.24) is 9.78 Å². The average molecular weight is 226 g/mol. The highest BCUT2D eigenvalue weighted by molar-refractivity contribution is 5.95. The van der Waals surface area contributed by atoms with Gasteiger partial charge in [-0.15, -0.1) is 5.10 Å². The van der Waals surface area contributed by atoms with Crippen LogP contribution in [0.1, 0.15) is 23.8 Å². The van der Waals surface area contributed by atoms with Crippen molar-refractivity contribution >= 4 is 11.9 Å². The Morgan fingerprint density at radius 3 is 2.69 bits per heavy atom. The van der Waals surface area contributed by atoms with E-state index in [0.717, 1.165) is 4.68 Å². The molecule has 0 N–H and O–H groups in total. The lowest BCUT2D eigenvalue weighted by Gasteiger charge is -2.02. The van der Waals surface area contributed by atoms with Crippen LogP contribution in [0.25, 0.3) is 0 Å². The van der Waals surface area contributed by atoms with E-state index in [4.69, 9.17) is 4.74 Å². The standard InChI is InChI=1S/C10H14N2O4/c1-4-16-10(14)6-9(13)12-7(2)5-8(11-12)15-3/h5H,4,6H2,1-3H3.